The van der Waals surface area contributed by atoms with Crippen LogP contribution in [0, 0.1) is 5.92 Å². The fourth-order valence-electron chi connectivity index (χ4n) is 2.42. The van der Waals surface area contributed by atoms with Gasteiger partial charge in [0.15, 0.2) is 0 Å². The third kappa shape index (κ3) is 10.7. The molecule has 1 atom stereocenters. The second-order valence-electron chi connectivity index (χ2n) is 7.75. The normalized spacial score (nSPS) is 12.5. The van der Waals surface area contributed by atoms with Crippen molar-refractivity contribution in [3.8, 4) is 0 Å². The Labute approximate surface area is 156 Å². The highest BCUT2D eigenvalue weighted by Crippen LogP contribution is 2.07. The lowest BCUT2D eigenvalue weighted by molar-refractivity contribution is -0.153. The average molecular weight is 364 g/mol. The second kappa shape index (κ2) is 10.8. The minimum Gasteiger partial charge on any atom is -0.459 e. The molecule has 6 heteroatoms. The van der Waals surface area contributed by atoms with Crippen LogP contribution < -0.4 is 10.6 Å². The first-order chi connectivity index (χ1) is 12.2. The van der Waals surface area contributed by atoms with Crippen molar-refractivity contribution in [3.63, 3.8) is 0 Å². The molecule has 0 saturated heterocycles. The van der Waals surface area contributed by atoms with Crippen LogP contribution in [0.3, 0.4) is 0 Å². The number of benzene rings is 1. The fourth-order valence-corrected chi connectivity index (χ4v) is 2.42. The molecular weight excluding hydrogens is 332 g/mol. The molecule has 1 rings (SSSR count). The number of hydrogen-bond donors (Lipinski definition) is 2. The maximum atomic E-state index is 12.0. The van der Waals surface area contributed by atoms with E-state index in [1.807, 2.05) is 51.1 Å². The van der Waals surface area contributed by atoms with Crippen LogP contribution in [0.2, 0.25) is 0 Å². The van der Waals surface area contributed by atoms with E-state index in [0.717, 1.165) is 12.0 Å². The first kappa shape index (κ1) is 22.0. The number of esters is 1. The predicted octanol–water partition coefficient (Wildman–Crippen LogP) is 3.26. The Hall–Kier alpha value is -2.08. The molecular formula is C20H32N2O4. The van der Waals surface area contributed by atoms with Gasteiger partial charge in [0.1, 0.15) is 12.2 Å². The van der Waals surface area contributed by atoms with Crippen molar-refractivity contribution in [3.05, 3.63) is 35.9 Å². The molecule has 146 valence electrons. The quantitative estimate of drug-likeness (QED) is 0.658. The van der Waals surface area contributed by atoms with E-state index < -0.39 is 11.7 Å². The van der Waals surface area contributed by atoms with E-state index in [1.165, 1.54) is 0 Å². The highest BCUT2D eigenvalue weighted by Gasteiger charge is 2.18. The van der Waals surface area contributed by atoms with Gasteiger partial charge in [0, 0.05) is 12.6 Å². The molecule has 0 bridgehead atoms. The summed E-state index contributed by atoms with van der Waals surface area (Å²) < 4.78 is 10.5. The monoisotopic (exact) mass is 364 g/mol. The molecule has 0 spiro atoms. The molecule has 1 unspecified atom stereocenters. The molecule has 0 fully saturated rings. The van der Waals surface area contributed by atoms with Gasteiger partial charge in [-0.15, -0.1) is 0 Å². The molecule has 0 radical (unpaired) electrons. The molecule has 0 aliphatic carbocycles. The highest BCUT2D eigenvalue weighted by molar-refractivity contribution is 5.72. The molecule has 1 aromatic rings. The first-order valence-electron chi connectivity index (χ1n) is 9.05. The van der Waals surface area contributed by atoms with E-state index in [0.29, 0.717) is 12.5 Å². The highest BCUT2D eigenvalue weighted by atomic mass is 16.6. The van der Waals surface area contributed by atoms with Crippen molar-refractivity contribution in [2.24, 2.45) is 5.92 Å². The molecule has 26 heavy (non-hydrogen) atoms. The summed E-state index contributed by atoms with van der Waals surface area (Å²) in [6, 6.07) is 9.40. The molecule has 0 saturated carbocycles. The summed E-state index contributed by atoms with van der Waals surface area (Å²) in [6.45, 7) is 10.5. The van der Waals surface area contributed by atoms with Crippen molar-refractivity contribution in [1.29, 1.82) is 0 Å². The van der Waals surface area contributed by atoms with E-state index in [1.54, 1.807) is 0 Å². The first-order valence-corrected chi connectivity index (χ1v) is 9.05. The van der Waals surface area contributed by atoms with Crippen molar-refractivity contribution >= 4 is 12.1 Å². The molecule has 0 heterocycles. The van der Waals surface area contributed by atoms with Crippen LogP contribution in [-0.4, -0.2) is 36.8 Å². The van der Waals surface area contributed by atoms with E-state index in [2.05, 4.69) is 24.5 Å². The maximum Gasteiger partial charge on any atom is 0.407 e. The van der Waals surface area contributed by atoms with E-state index in [-0.39, 0.29) is 25.2 Å². The smallest absolute Gasteiger partial charge is 0.407 e. The number of hydrogen-bond acceptors (Lipinski definition) is 5. The Bertz CT molecular complexity index is 553. The Morgan fingerprint density at radius 2 is 1.77 bits per heavy atom. The maximum absolute atomic E-state index is 12.0. The number of nitrogens with one attached hydrogen (secondary N) is 2. The number of rotatable bonds is 9. The van der Waals surface area contributed by atoms with Gasteiger partial charge in [0.25, 0.3) is 0 Å². The van der Waals surface area contributed by atoms with Crippen LogP contribution in [0.1, 0.15) is 46.6 Å². The summed E-state index contributed by atoms with van der Waals surface area (Å²) in [5.74, 6) is 0.0881. The number of ether oxygens (including phenoxy) is 2. The van der Waals surface area contributed by atoms with Gasteiger partial charge >= 0.3 is 12.1 Å². The van der Waals surface area contributed by atoms with Crippen molar-refractivity contribution < 1.29 is 19.1 Å². The summed E-state index contributed by atoms with van der Waals surface area (Å²) >= 11 is 0. The second-order valence-corrected chi connectivity index (χ2v) is 7.75. The fraction of sp³-hybridized carbons (Fsp3) is 0.600. The number of amides is 1. The summed E-state index contributed by atoms with van der Waals surface area (Å²) in [6.07, 6.45) is 0.320. The van der Waals surface area contributed by atoms with Gasteiger partial charge in [-0.1, -0.05) is 44.2 Å². The van der Waals surface area contributed by atoms with Crippen molar-refractivity contribution in [2.75, 3.05) is 13.1 Å². The number of alkyl carbamates (subject to hydrolysis) is 1. The van der Waals surface area contributed by atoms with Gasteiger partial charge in [-0.3, -0.25) is 4.79 Å². The lowest BCUT2D eigenvalue weighted by atomic mass is 10.0. The van der Waals surface area contributed by atoms with Crippen LogP contribution >= 0.6 is 0 Å². The van der Waals surface area contributed by atoms with Crippen molar-refractivity contribution in [1.82, 2.24) is 10.6 Å². The molecule has 0 aromatic heterocycles. The lowest BCUT2D eigenvalue weighted by Gasteiger charge is -2.22. The van der Waals surface area contributed by atoms with Gasteiger partial charge in [-0.25, -0.2) is 4.79 Å². The largest absolute Gasteiger partial charge is 0.459 e. The van der Waals surface area contributed by atoms with Crippen molar-refractivity contribution in [2.45, 2.75) is 59.3 Å². The van der Waals surface area contributed by atoms with Crippen LogP contribution in [0.4, 0.5) is 4.79 Å². The zero-order valence-electron chi connectivity index (χ0n) is 16.5. The summed E-state index contributed by atoms with van der Waals surface area (Å²) in [5, 5.41) is 5.91. The minimum absolute atomic E-state index is 0.104. The topological polar surface area (TPSA) is 76.7 Å². The Balaban J connectivity index is 2.40. The molecule has 0 aliphatic heterocycles. The van der Waals surface area contributed by atoms with Gasteiger partial charge < -0.3 is 20.1 Å². The van der Waals surface area contributed by atoms with Crippen LogP contribution in [0.5, 0.6) is 0 Å². The lowest BCUT2D eigenvalue weighted by Crippen LogP contribution is -2.44. The van der Waals surface area contributed by atoms with Crippen LogP contribution in [0.15, 0.2) is 30.3 Å². The third-order valence-electron chi connectivity index (χ3n) is 3.37. The Kier molecular flexibility index (Phi) is 9.13. The summed E-state index contributed by atoms with van der Waals surface area (Å²) in [5.41, 5.74) is 0.432. The average Bonchev–Trinajstić information content (AvgIpc) is 2.51. The SMILES string of the molecule is CC(C)CC(CNCC(=O)OC(C)(C)C)NC(=O)OCc1ccccc1. The predicted molar refractivity (Wildman–Crippen MR) is 102 cm³/mol. The van der Waals surface area contributed by atoms with E-state index in [9.17, 15) is 9.59 Å². The minimum atomic E-state index is -0.504. The Morgan fingerprint density at radius 3 is 2.35 bits per heavy atom. The Morgan fingerprint density at radius 1 is 1.12 bits per heavy atom. The molecule has 6 nitrogen and oxygen atoms in total. The summed E-state index contributed by atoms with van der Waals surface area (Å²) in [7, 11) is 0. The number of carbonyl (C=O) groups is 2. The van der Waals surface area contributed by atoms with Crippen LogP contribution in [0.25, 0.3) is 0 Å². The van der Waals surface area contributed by atoms with Gasteiger partial charge in [0.2, 0.25) is 0 Å². The molecule has 2 N–H and O–H groups in total. The molecule has 1 aromatic carbocycles. The van der Waals surface area contributed by atoms with Gasteiger partial charge in [-0.05, 0) is 38.7 Å². The van der Waals surface area contributed by atoms with E-state index in [4.69, 9.17) is 9.47 Å². The zero-order valence-corrected chi connectivity index (χ0v) is 16.5. The van der Waals surface area contributed by atoms with Gasteiger partial charge in [0.05, 0.1) is 6.54 Å². The summed E-state index contributed by atoms with van der Waals surface area (Å²) in [4.78, 5) is 23.8. The zero-order chi connectivity index (χ0) is 19.6. The standard InChI is InChI=1S/C20H32N2O4/c1-15(2)11-17(12-21-13-18(23)26-20(3,4)5)22-19(24)25-14-16-9-7-6-8-10-16/h6-10,15,17,21H,11-14H2,1-5H3,(H,22,24). The van der Waals surface area contributed by atoms with Crippen LogP contribution in [-0.2, 0) is 20.9 Å². The third-order valence-corrected chi connectivity index (χ3v) is 3.37. The van der Waals surface area contributed by atoms with Gasteiger partial charge in [-0.2, -0.15) is 0 Å². The molecule has 0 aliphatic rings. The number of carbonyl (C=O) groups excluding carboxylic acids is 2. The molecule has 1 amide bonds. The van der Waals surface area contributed by atoms with E-state index >= 15 is 0 Å².